The minimum atomic E-state index is -6.08. The molecule has 2 atom stereocenters. The Morgan fingerprint density at radius 2 is 1.36 bits per heavy atom. The summed E-state index contributed by atoms with van der Waals surface area (Å²) in [5.41, 5.74) is -5.74. The van der Waals surface area contributed by atoms with E-state index >= 15 is 0 Å². The van der Waals surface area contributed by atoms with Crippen LogP contribution >= 0.6 is 0 Å². The first-order valence-corrected chi connectivity index (χ1v) is 10.5. The third-order valence-corrected chi connectivity index (χ3v) is 8.03. The molecule has 0 radical (unpaired) electrons. The Labute approximate surface area is 145 Å². The smallest absolute Gasteiger partial charge is 0.237 e. The third-order valence-electron chi connectivity index (χ3n) is 2.70. The van der Waals surface area contributed by atoms with Crippen LogP contribution in [0.25, 0.3) is 0 Å². The summed E-state index contributed by atoms with van der Waals surface area (Å²) in [5, 5.41) is 0. The van der Waals surface area contributed by atoms with Crippen LogP contribution in [0.2, 0.25) is 0 Å². The zero-order valence-corrected chi connectivity index (χ0v) is 14.7. The van der Waals surface area contributed by atoms with Crippen LogP contribution in [0, 0.1) is 0 Å². The summed E-state index contributed by atoms with van der Waals surface area (Å²) in [4.78, 5) is -0.266. The average molecular weight is 412 g/mol. The second-order valence-corrected chi connectivity index (χ2v) is 9.71. The van der Waals surface area contributed by atoms with Crippen molar-refractivity contribution in [2.45, 2.75) is 15.3 Å². The first-order chi connectivity index (χ1) is 11.6. The molecule has 1 N–H and O–H groups in total. The summed E-state index contributed by atoms with van der Waals surface area (Å²) in [6, 6.07) is 13.7. The summed E-state index contributed by atoms with van der Waals surface area (Å²) in [6.45, 7) is 0. The molecule has 0 spiro atoms. The predicted octanol–water partition coefficient (Wildman–Crippen LogP) is 2.59. The summed E-state index contributed by atoms with van der Waals surface area (Å²) in [6.07, 6.45) is 0. The maximum Gasteiger partial charge on any atom is 0.519 e. The van der Waals surface area contributed by atoms with Crippen LogP contribution in [0.1, 0.15) is 0 Å². The molecule has 136 valence electrons. The molecular formula is C13H11F3N2O4S3. The lowest BCUT2D eigenvalue weighted by molar-refractivity contribution is -0.0434. The topological polar surface area (TPSA) is 92.7 Å². The van der Waals surface area contributed by atoms with Crippen LogP contribution in [-0.4, -0.2) is 22.3 Å². The minimum Gasteiger partial charge on any atom is -0.237 e. The number of nitrogens with one attached hydrogen (secondary N) is 1. The van der Waals surface area contributed by atoms with Gasteiger partial charge in [0, 0.05) is 0 Å². The standard InChI is InChI=1S/C13H11F3N2O4S3/c14-13(15,16)25(21,22)18-24(20,12-9-5-2-6-10-12)17-23(19)11-7-3-1-4-8-11/h1-10H,(H,17,18,20). The second kappa shape index (κ2) is 7.23. The highest BCUT2D eigenvalue weighted by atomic mass is 32.3. The van der Waals surface area contributed by atoms with Crippen LogP contribution < -0.4 is 4.13 Å². The summed E-state index contributed by atoms with van der Waals surface area (Å²) >= 11 is 0. The molecule has 0 amide bonds. The van der Waals surface area contributed by atoms with Crippen molar-refractivity contribution in [3.05, 3.63) is 60.7 Å². The van der Waals surface area contributed by atoms with E-state index in [1.54, 1.807) is 6.07 Å². The molecule has 12 heteroatoms. The van der Waals surface area contributed by atoms with E-state index < -0.39 is 36.4 Å². The molecule has 0 aliphatic carbocycles. The van der Waals surface area contributed by atoms with Gasteiger partial charge in [0.25, 0.3) is 0 Å². The van der Waals surface area contributed by atoms with Crippen molar-refractivity contribution in [3.63, 3.8) is 0 Å². The van der Waals surface area contributed by atoms with Crippen LogP contribution in [0.3, 0.4) is 0 Å². The van der Waals surface area contributed by atoms with Crippen molar-refractivity contribution in [1.82, 2.24) is 4.13 Å². The number of halogens is 3. The van der Waals surface area contributed by atoms with E-state index in [4.69, 9.17) is 0 Å². The van der Waals surface area contributed by atoms with E-state index in [1.807, 2.05) is 4.13 Å². The molecule has 25 heavy (non-hydrogen) atoms. The Bertz CT molecular complexity index is 984. The molecule has 2 rings (SSSR count). The molecule has 0 saturated carbocycles. The van der Waals surface area contributed by atoms with Gasteiger partial charge in [-0.1, -0.05) is 40.2 Å². The fourth-order valence-corrected chi connectivity index (χ4v) is 6.29. The number of hydrogen-bond donors (Lipinski definition) is 1. The van der Waals surface area contributed by atoms with E-state index in [-0.39, 0.29) is 9.79 Å². The lowest BCUT2D eigenvalue weighted by Crippen LogP contribution is -2.30. The SMILES string of the molecule is O=S(NS(=O)(=NS(=O)(=O)C(F)(F)F)c1ccccc1)c1ccccc1. The highest BCUT2D eigenvalue weighted by Gasteiger charge is 2.47. The van der Waals surface area contributed by atoms with E-state index in [1.165, 1.54) is 42.5 Å². The van der Waals surface area contributed by atoms with E-state index in [0.717, 1.165) is 12.1 Å². The molecule has 2 aromatic rings. The summed E-state index contributed by atoms with van der Waals surface area (Å²) in [7, 11) is -12.7. The molecule has 2 aromatic carbocycles. The predicted molar refractivity (Wildman–Crippen MR) is 86.2 cm³/mol. The van der Waals surface area contributed by atoms with Gasteiger partial charge in [0.2, 0.25) is 0 Å². The average Bonchev–Trinajstić information content (AvgIpc) is 2.55. The Hall–Kier alpha value is -1.76. The van der Waals surface area contributed by atoms with Crippen LogP contribution in [0.15, 0.2) is 74.2 Å². The van der Waals surface area contributed by atoms with Crippen molar-refractivity contribution in [2.75, 3.05) is 0 Å². The van der Waals surface area contributed by atoms with Crippen molar-refractivity contribution in [1.29, 1.82) is 0 Å². The molecule has 0 heterocycles. The largest absolute Gasteiger partial charge is 0.519 e. The molecule has 2 unspecified atom stereocenters. The third kappa shape index (κ3) is 4.66. The van der Waals surface area contributed by atoms with E-state index in [2.05, 4.69) is 3.77 Å². The van der Waals surface area contributed by atoms with Crippen LogP contribution in [0.4, 0.5) is 13.2 Å². The lowest BCUT2D eigenvalue weighted by Gasteiger charge is -2.12. The Morgan fingerprint density at radius 3 is 1.84 bits per heavy atom. The molecule has 0 saturated heterocycles. The fraction of sp³-hybridized carbons (Fsp3) is 0.0769. The molecule has 0 bridgehead atoms. The van der Waals surface area contributed by atoms with Crippen molar-refractivity contribution in [2.24, 2.45) is 3.77 Å². The maximum absolute atomic E-state index is 12.9. The molecule has 0 aliphatic rings. The fourth-order valence-electron chi connectivity index (χ4n) is 1.59. The quantitative estimate of drug-likeness (QED) is 0.817. The zero-order chi connectivity index (χ0) is 18.7. The van der Waals surface area contributed by atoms with Gasteiger partial charge in [-0.15, -0.1) is 4.13 Å². The molecule has 0 aliphatic heterocycles. The lowest BCUT2D eigenvalue weighted by atomic mass is 10.4. The van der Waals surface area contributed by atoms with E-state index in [0.29, 0.717) is 0 Å². The minimum absolute atomic E-state index is 0.0887. The van der Waals surface area contributed by atoms with Gasteiger partial charge in [-0.3, -0.25) is 0 Å². The van der Waals surface area contributed by atoms with Crippen molar-refractivity contribution in [3.8, 4) is 0 Å². The number of benzene rings is 2. The first kappa shape index (κ1) is 19.6. The van der Waals surface area contributed by atoms with Crippen LogP contribution in [0.5, 0.6) is 0 Å². The Kier molecular flexibility index (Phi) is 5.66. The van der Waals surface area contributed by atoms with E-state index in [9.17, 15) is 30.0 Å². The van der Waals surface area contributed by atoms with Gasteiger partial charge in [-0.2, -0.15) is 21.6 Å². The first-order valence-electron chi connectivity index (χ1n) is 6.44. The number of sulfonamides is 1. The Morgan fingerprint density at radius 1 is 0.880 bits per heavy atom. The second-order valence-electron chi connectivity index (χ2n) is 4.50. The number of rotatable bonds is 5. The molecule has 0 aromatic heterocycles. The van der Waals surface area contributed by atoms with Gasteiger partial charge in [0.15, 0.2) is 9.92 Å². The molecule has 6 nitrogen and oxygen atoms in total. The number of nitrogens with zero attached hydrogens (tertiary/aromatic N) is 1. The van der Waals surface area contributed by atoms with Gasteiger partial charge in [-0.25, -0.2) is 8.42 Å². The highest BCUT2D eigenvalue weighted by Crippen LogP contribution is 2.27. The van der Waals surface area contributed by atoms with Gasteiger partial charge in [0.05, 0.1) is 9.79 Å². The van der Waals surface area contributed by atoms with Gasteiger partial charge in [0.1, 0.15) is 11.0 Å². The van der Waals surface area contributed by atoms with Gasteiger partial charge >= 0.3 is 15.5 Å². The van der Waals surface area contributed by atoms with Crippen LogP contribution in [-0.2, 0) is 30.9 Å². The number of alkyl halides is 3. The van der Waals surface area contributed by atoms with Crippen molar-refractivity contribution >= 4 is 30.9 Å². The summed E-state index contributed by atoms with van der Waals surface area (Å²) in [5.74, 6) is 0. The zero-order valence-electron chi connectivity index (χ0n) is 12.2. The summed E-state index contributed by atoms with van der Waals surface area (Å²) < 4.78 is 90.1. The highest BCUT2D eigenvalue weighted by molar-refractivity contribution is 8.08. The molecule has 0 fully saturated rings. The Balaban J connectivity index is 2.59. The van der Waals surface area contributed by atoms with Gasteiger partial charge in [-0.05, 0) is 24.3 Å². The molecular weight excluding hydrogens is 401 g/mol. The van der Waals surface area contributed by atoms with Crippen molar-refractivity contribution < 1.29 is 30.0 Å². The number of hydrogen-bond acceptors (Lipinski definition) is 4. The normalized spacial score (nSPS) is 16.0. The maximum atomic E-state index is 12.9. The van der Waals surface area contributed by atoms with Gasteiger partial charge < -0.3 is 0 Å². The monoisotopic (exact) mass is 412 g/mol.